The summed E-state index contributed by atoms with van der Waals surface area (Å²) in [5.41, 5.74) is 2.62. The SMILES string of the molecule is Cc1[nH]n(-c2ccc(Cl)c(C(=O)O)c2)c(=O)c1Cc1ccccc1. The molecule has 0 amide bonds. The van der Waals surface area contributed by atoms with Crippen LogP contribution in [-0.2, 0) is 6.42 Å². The number of hydrogen-bond acceptors (Lipinski definition) is 2. The van der Waals surface area contributed by atoms with Crippen LogP contribution in [0, 0.1) is 6.92 Å². The van der Waals surface area contributed by atoms with Crippen molar-refractivity contribution in [1.82, 2.24) is 9.78 Å². The molecule has 0 fully saturated rings. The molecule has 122 valence electrons. The van der Waals surface area contributed by atoms with Crippen LogP contribution >= 0.6 is 11.6 Å². The molecular formula is C18H15ClN2O3. The van der Waals surface area contributed by atoms with Gasteiger partial charge < -0.3 is 5.11 Å². The summed E-state index contributed by atoms with van der Waals surface area (Å²) in [6.07, 6.45) is 0.508. The number of carboxylic acid groups (broad SMARTS) is 1. The molecule has 0 aliphatic heterocycles. The summed E-state index contributed by atoms with van der Waals surface area (Å²) < 4.78 is 1.34. The molecular weight excluding hydrogens is 328 g/mol. The van der Waals surface area contributed by atoms with Gasteiger partial charge in [-0.3, -0.25) is 9.89 Å². The van der Waals surface area contributed by atoms with Crippen LogP contribution in [0.25, 0.3) is 5.69 Å². The highest BCUT2D eigenvalue weighted by Gasteiger charge is 2.15. The molecule has 2 aromatic carbocycles. The lowest BCUT2D eigenvalue weighted by Crippen LogP contribution is -2.18. The van der Waals surface area contributed by atoms with Crippen molar-refractivity contribution in [3.8, 4) is 5.69 Å². The van der Waals surface area contributed by atoms with E-state index in [9.17, 15) is 14.7 Å². The maximum atomic E-state index is 12.7. The summed E-state index contributed by atoms with van der Waals surface area (Å²) in [6, 6.07) is 14.2. The minimum absolute atomic E-state index is 0.0436. The van der Waals surface area contributed by atoms with Crippen molar-refractivity contribution < 1.29 is 9.90 Å². The van der Waals surface area contributed by atoms with Gasteiger partial charge in [0, 0.05) is 17.7 Å². The Morgan fingerprint density at radius 1 is 1.21 bits per heavy atom. The number of aromatic nitrogens is 2. The molecule has 0 bridgehead atoms. The standard InChI is InChI=1S/C18H15ClN2O3/c1-11-14(9-12-5-3-2-4-6-12)17(22)21(20-11)13-7-8-16(19)15(10-13)18(23)24/h2-8,10,20H,9H2,1H3,(H,23,24). The zero-order chi connectivity index (χ0) is 17.3. The van der Waals surface area contributed by atoms with Crippen molar-refractivity contribution in [1.29, 1.82) is 0 Å². The van der Waals surface area contributed by atoms with E-state index < -0.39 is 5.97 Å². The van der Waals surface area contributed by atoms with E-state index in [2.05, 4.69) is 5.10 Å². The lowest BCUT2D eigenvalue weighted by molar-refractivity contribution is 0.0697. The molecule has 1 aromatic heterocycles. The third-order valence-electron chi connectivity index (χ3n) is 3.86. The number of rotatable bonds is 4. The molecule has 3 aromatic rings. The lowest BCUT2D eigenvalue weighted by Gasteiger charge is -2.04. The van der Waals surface area contributed by atoms with Gasteiger partial charge in [0.25, 0.3) is 5.56 Å². The molecule has 24 heavy (non-hydrogen) atoms. The molecule has 0 atom stereocenters. The van der Waals surface area contributed by atoms with E-state index in [-0.39, 0.29) is 16.1 Å². The highest BCUT2D eigenvalue weighted by Crippen LogP contribution is 2.20. The third kappa shape index (κ3) is 2.98. The van der Waals surface area contributed by atoms with Crippen molar-refractivity contribution >= 4 is 17.6 Å². The van der Waals surface area contributed by atoms with E-state index in [1.54, 1.807) is 6.07 Å². The predicted octanol–water partition coefficient (Wildman–Crippen LogP) is 3.42. The monoisotopic (exact) mass is 342 g/mol. The molecule has 0 aliphatic carbocycles. The maximum Gasteiger partial charge on any atom is 0.337 e. The van der Waals surface area contributed by atoms with Crippen LogP contribution < -0.4 is 5.56 Å². The van der Waals surface area contributed by atoms with Crippen LogP contribution in [0.1, 0.15) is 27.2 Å². The second-order valence-corrected chi connectivity index (χ2v) is 5.89. The smallest absolute Gasteiger partial charge is 0.337 e. The van der Waals surface area contributed by atoms with E-state index in [0.29, 0.717) is 17.7 Å². The Balaban J connectivity index is 2.05. The summed E-state index contributed by atoms with van der Waals surface area (Å²) in [7, 11) is 0. The summed E-state index contributed by atoms with van der Waals surface area (Å²) >= 11 is 5.88. The molecule has 0 radical (unpaired) electrons. The zero-order valence-electron chi connectivity index (χ0n) is 12.9. The Kier molecular flexibility index (Phi) is 4.27. The minimum atomic E-state index is -1.14. The highest BCUT2D eigenvalue weighted by molar-refractivity contribution is 6.33. The van der Waals surface area contributed by atoms with E-state index in [1.807, 2.05) is 37.3 Å². The van der Waals surface area contributed by atoms with Gasteiger partial charge in [-0.25, -0.2) is 9.48 Å². The molecule has 0 spiro atoms. The number of benzene rings is 2. The molecule has 0 saturated carbocycles. The molecule has 0 aliphatic rings. The fraction of sp³-hybridized carbons (Fsp3) is 0.111. The number of hydrogen-bond donors (Lipinski definition) is 2. The number of carbonyl (C=O) groups is 1. The summed E-state index contributed by atoms with van der Waals surface area (Å²) in [6.45, 7) is 1.82. The largest absolute Gasteiger partial charge is 0.478 e. The lowest BCUT2D eigenvalue weighted by atomic mass is 10.1. The zero-order valence-corrected chi connectivity index (χ0v) is 13.7. The number of aryl methyl sites for hydroxylation is 1. The van der Waals surface area contributed by atoms with Gasteiger partial charge in [-0.05, 0) is 30.7 Å². The number of nitrogens with one attached hydrogen (secondary N) is 1. The number of carboxylic acids is 1. The van der Waals surface area contributed by atoms with Crippen molar-refractivity contribution in [2.75, 3.05) is 0 Å². The first-order chi connectivity index (χ1) is 11.5. The van der Waals surface area contributed by atoms with Crippen LogP contribution in [-0.4, -0.2) is 20.9 Å². The predicted molar refractivity (Wildman–Crippen MR) is 92.3 cm³/mol. The normalized spacial score (nSPS) is 10.8. The first-order valence-electron chi connectivity index (χ1n) is 7.35. The van der Waals surface area contributed by atoms with Crippen molar-refractivity contribution in [3.05, 3.63) is 86.3 Å². The number of halogens is 1. The van der Waals surface area contributed by atoms with Crippen LogP contribution in [0.5, 0.6) is 0 Å². The van der Waals surface area contributed by atoms with Gasteiger partial charge in [0.15, 0.2) is 0 Å². The highest BCUT2D eigenvalue weighted by atomic mass is 35.5. The Bertz CT molecular complexity index is 958. The molecule has 1 heterocycles. The third-order valence-corrected chi connectivity index (χ3v) is 4.19. The van der Waals surface area contributed by atoms with Gasteiger partial charge >= 0.3 is 5.97 Å². The maximum absolute atomic E-state index is 12.7. The Hall–Kier alpha value is -2.79. The molecule has 3 rings (SSSR count). The van der Waals surface area contributed by atoms with E-state index in [1.165, 1.54) is 16.8 Å². The second kappa shape index (κ2) is 6.37. The Labute approximate surface area is 143 Å². The molecule has 5 nitrogen and oxygen atoms in total. The average Bonchev–Trinajstić information content (AvgIpc) is 2.84. The van der Waals surface area contributed by atoms with Gasteiger partial charge in [0.2, 0.25) is 0 Å². The van der Waals surface area contributed by atoms with E-state index in [0.717, 1.165) is 11.3 Å². The molecule has 2 N–H and O–H groups in total. The first kappa shape index (κ1) is 16.1. The fourth-order valence-corrected chi connectivity index (χ4v) is 2.79. The Morgan fingerprint density at radius 3 is 2.58 bits per heavy atom. The number of aromatic carboxylic acids is 1. The molecule has 6 heteroatoms. The number of H-pyrrole nitrogens is 1. The van der Waals surface area contributed by atoms with Crippen molar-refractivity contribution in [2.24, 2.45) is 0 Å². The summed E-state index contributed by atoms with van der Waals surface area (Å²) in [5.74, 6) is -1.14. The van der Waals surface area contributed by atoms with Gasteiger partial charge in [-0.2, -0.15) is 0 Å². The van der Waals surface area contributed by atoms with Crippen LogP contribution in [0.3, 0.4) is 0 Å². The van der Waals surface area contributed by atoms with Gasteiger partial charge in [0.1, 0.15) is 0 Å². The summed E-state index contributed by atoms with van der Waals surface area (Å²) in [5, 5.41) is 12.3. The van der Waals surface area contributed by atoms with Gasteiger partial charge in [-0.15, -0.1) is 0 Å². The first-order valence-corrected chi connectivity index (χ1v) is 7.73. The molecule has 0 saturated heterocycles. The fourth-order valence-electron chi connectivity index (χ4n) is 2.59. The topological polar surface area (TPSA) is 75.1 Å². The van der Waals surface area contributed by atoms with E-state index in [4.69, 9.17) is 11.6 Å². The quantitative estimate of drug-likeness (QED) is 0.763. The summed E-state index contributed by atoms with van der Waals surface area (Å²) in [4.78, 5) is 23.9. The van der Waals surface area contributed by atoms with Crippen LogP contribution in [0.15, 0.2) is 53.3 Å². The molecule has 0 unspecified atom stereocenters. The van der Waals surface area contributed by atoms with Gasteiger partial charge in [0.05, 0.1) is 16.3 Å². The number of nitrogens with zero attached hydrogens (tertiary/aromatic N) is 1. The van der Waals surface area contributed by atoms with Crippen LogP contribution in [0.2, 0.25) is 5.02 Å². The van der Waals surface area contributed by atoms with Crippen molar-refractivity contribution in [2.45, 2.75) is 13.3 Å². The van der Waals surface area contributed by atoms with E-state index >= 15 is 0 Å². The Morgan fingerprint density at radius 2 is 1.92 bits per heavy atom. The van der Waals surface area contributed by atoms with Gasteiger partial charge in [-0.1, -0.05) is 41.9 Å². The minimum Gasteiger partial charge on any atom is -0.478 e. The second-order valence-electron chi connectivity index (χ2n) is 5.49. The average molecular weight is 343 g/mol. The van der Waals surface area contributed by atoms with Crippen molar-refractivity contribution in [3.63, 3.8) is 0 Å². The number of aromatic amines is 1. The van der Waals surface area contributed by atoms with Crippen LogP contribution in [0.4, 0.5) is 0 Å².